The Morgan fingerprint density at radius 1 is 1.40 bits per heavy atom. The van der Waals surface area contributed by atoms with Crippen LogP contribution in [0.25, 0.3) is 0 Å². The molecular weight excluding hydrogens is 208 g/mol. The van der Waals surface area contributed by atoms with Crippen LogP contribution in [0, 0.1) is 0 Å². The molecule has 0 heterocycles. The smallest absolute Gasteiger partial charge is 0.334 e. The summed E-state index contributed by atoms with van der Waals surface area (Å²) in [7, 11) is 1.40. The van der Waals surface area contributed by atoms with Crippen molar-refractivity contribution in [1.82, 2.24) is 0 Å². The first kappa shape index (κ1) is 11.9. The number of methoxy groups -OCH3 is 1. The van der Waals surface area contributed by atoms with Gasteiger partial charge in [-0.1, -0.05) is 24.3 Å². The van der Waals surface area contributed by atoms with Crippen molar-refractivity contribution in [2.24, 2.45) is 0 Å². The third-order valence-corrected chi connectivity index (χ3v) is 2.99. The van der Waals surface area contributed by atoms with Crippen LogP contribution in [0.5, 0.6) is 0 Å². The van der Waals surface area contributed by atoms with Gasteiger partial charge in [-0.05, 0) is 19.1 Å². The van der Waals surface area contributed by atoms with Gasteiger partial charge in [-0.3, -0.25) is 0 Å². The van der Waals surface area contributed by atoms with Crippen LogP contribution >= 0.6 is 11.8 Å². The molecule has 0 saturated carbocycles. The Kier molecular flexibility index (Phi) is 4.98. The van der Waals surface area contributed by atoms with Crippen LogP contribution in [0.15, 0.2) is 46.9 Å². The van der Waals surface area contributed by atoms with E-state index >= 15 is 0 Å². The van der Waals surface area contributed by atoms with E-state index in [2.05, 4.69) is 4.74 Å². The monoisotopic (exact) mass is 222 g/mol. The van der Waals surface area contributed by atoms with E-state index in [0.717, 1.165) is 4.90 Å². The van der Waals surface area contributed by atoms with Crippen molar-refractivity contribution in [2.75, 3.05) is 12.9 Å². The van der Waals surface area contributed by atoms with Gasteiger partial charge >= 0.3 is 5.97 Å². The molecule has 1 rings (SSSR count). The topological polar surface area (TPSA) is 26.3 Å². The number of hydrogen-bond acceptors (Lipinski definition) is 3. The largest absolute Gasteiger partial charge is 0.466 e. The highest BCUT2D eigenvalue weighted by atomic mass is 32.2. The van der Waals surface area contributed by atoms with Crippen LogP contribution in [0.3, 0.4) is 0 Å². The average molecular weight is 222 g/mol. The lowest BCUT2D eigenvalue weighted by Gasteiger charge is -2.04. The summed E-state index contributed by atoms with van der Waals surface area (Å²) in [5.74, 6) is 0.397. The lowest BCUT2D eigenvalue weighted by molar-refractivity contribution is -0.135. The van der Waals surface area contributed by atoms with Gasteiger partial charge in [0.15, 0.2) is 0 Å². The van der Waals surface area contributed by atoms with Crippen LogP contribution < -0.4 is 0 Å². The minimum Gasteiger partial charge on any atom is -0.466 e. The highest BCUT2D eigenvalue weighted by molar-refractivity contribution is 7.99. The average Bonchev–Trinajstić information content (AvgIpc) is 2.31. The number of allylic oxidation sites excluding steroid dienone is 1. The molecule has 0 spiro atoms. The van der Waals surface area contributed by atoms with E-state index in [1.807, 2.05) is 37.3 Å². The van der Waals surface area contributed by atoms with Crippen molar-refractivity contribution >= 4 is 17.7 Å². The third-order valence-electron chi connectivity index (χ3n) is 1.93. The zero-order valence-electron chi connectivity index (χ0n) is 8.90. The second-order valence-corrected chi connectivity index (χ2v) is 3.96. The molecule has 0 bridgehead atoms. The van der Waals surface area contributed by atoms with Gasteiger partial charge in [0, 0.05) is 16.2 Å². The fourth-order valence-electron chi connectivity index (χ4n) is 1.07. The normalized spacial score (nSPS) is 11.2. The van der Waals surface area contributed by atoms with E-state index in [-0.39, 0.29) is 5.97 Å². The second-order valence-electron chi connectivity index (χ2n) is 2.91. The molecule has 0 aliphatic carbocycles. The maximum absolute atomic E-state index is 11.3. The molecule has 0 unspecified atom stereocenters. The molecular formula is C12H14O2S. The van der Waals surface area contributed by atoms with Crippen molar-refractivity contribution in [3.63, 3.8) is 0 Å². The summed E-state index contributed by atoms with van der Waals surface area (Å²) >= 11 is 1.63. The summed E-state index contributed by atoms with van der Waals surface area (Å²) in [6.07, 6.45) is 1.79. The maximum Gasteiger partial charge on any atom is 0.334 e. The van der Waals surface area contributed by atoms with Crippen molar-refractivity contribution in [1.29, 1.82) is 0 Å². The number of hydrogen-bond donors (Lipinski definition) is 0. The fraction of sp³-hybridized carbons (Fsp3) is 0.250. The molecule has 0 saturated heterocycles. The van der Waals surface area contributed by atoms with Crippen molar-refractivity contribution < 1.29 is 9.53 Å². The van der Waals surface area contributed by atoms with Crippen molar-refractivity contribution in [2.45, 2.75) is 11.8 Å². The second kappa shape index (κ2) is 6.30. The summed E-state index contributed by atoms with van der Waals surface area (Å²) in [5, 5.41) is 0. The highest BCUT2D eigenvalue weighted by Crippen LogP contribution is 2.20. The fourth-order valence-corrected chi connectivity index (χ4v) is 2.03. The van der Waals surface area contributed by atoms with Gasteiger partial charge in [0.2, 0.25) is 0 Å². The molecule has 15 heavy (non-hydrogen) atoms. The van der Waals surface area contributed by atoms with Crippen LogP contribution in [-0.2, 0) is 9.53 Å². The molecule has 0 atom stereocenters. The van der Waals surface area contributed by atoms with Gasteiger partial charge < -0.3 is 4.74 Å². The number of ether oxygens (including phenoxy) is 1. The first-order valence-electron chi connectivity index (χ1n) is 4.69. The van der Waals surface area contributed by atoms with Crippen LogP contribution in [0.2, 0.25) is 0 Å². The Hall–Kier alpha value is -1.22. The molecule has 3 heteroatoms. The predicted octanol–water partition coefficient (Wildman–Crippen LogP) is 2.90. The van der Waals surface area contributed by atoms with Gasteiger partial charge in [0.25, 0.3) is 0 Å². The molecule has 80 valence electrons. The Balaban J connectivity index is 2.53. The zero-order valence-corrected chi connectivity index (χ0v) is 9.71. The molecule has 0 radical (unpaired) electrons. The van der Waals surface area contributed by atoms with Crippen LogP contribution in [0.4, 0.5) is 0 Å². The molecule has 0 fully saturated rings. The molecule has 1 aromatic carbocycles. The highest BCUT2D eigenvalue weighted by Gasteiger charge is 2.08. The van der Waals surface area contributed by atoms with Crippen LogP contribution in [-0.4, -0.2) is 18.8 Å². The summed E-state index contributed by atoms with van der Waals surface area (Å²) in [5.41, 5.74) is 0.700. The lowest BCUT2D eigenvalue weighted by Crippen LogP contribution is -2.06. The molecule has 2 nitrogen and oxygen atoms in total. The van der Waals surface area contributed by atoms with Gasteiger partial charge in [0.05, 0.1) is 7.11 Å². The molecule has 0 aromatic heterocycles. The van der Waals surface area contributed by atoms with Gasteiger partial charge in [-0.2, -0.15) is 0 Å². The minimum atomic E-state index is -0.249. The van der Waals surface area contributed by atoms with Gasteiger partial charge in [-0.25, -0.2) is 4.79 Å². The van der Waals surface area contributed by atoms with Crippen molar-refractivity contribution in [3.8, 4) is 0 Å². The number of rotatable bonds is 4. The van der Waals surface area contributed by atoms with E-state index in [0.29, 0.717) is 11.3 Å². The molecule has 1 aromatic rings. The number of carbonyl (C=O) groups excluding carboxylic acids is 1. The third kappa shape index (κ3) is 3.80. The van der Waals surface area contributed by atoms with E-state index in [1.54, 1.807) is 17.8 Å². The molecule has 0 amide bonds. The van der Waals surface area contributed by atoms with Crippen molar-refractivity contribution in [3.05, 3.63) is 42.0 Å². The summed E-state index contributed by atoms with van der Waals surface area (Å²) in [4.78, 5) is 12.4. The first-order chi connectivity index (χ1) is 7.27. The summed E-state index contributed by atoms with van der Waals surface area (Å²) < 4.78 is 4.67. The molecule has 0 aliphatic heterocycles. The van der Waals surface area contributed by atoms with E-state index in [9.17, 15) is 4.79 Å². The maximum atomic E-state index is 11.3. The summed E-state index contributed by atoms with van der Waals surface area (Å²) in [6, 6.07) is 9.98. The Bertz CT molecular complexity index is 344. The minimum absolute atomic E-state index is 0.249. The number of carbonyl (C=O) groups is 1. The Labute approximate surface area is 94.3 Å². The lowest BCUT2D eigenvalue weighted by atomic mass is 10.3. The SMILES string of the molecule is CC=C(CSc1ccccc1)C(=O)OC. The Morgan fingerprint density at radius 3 is 2.60 bits per heavy atom. The standard InChI is InChI=1S/C12H14O2S/c1-3-10(12(13)14-2)9-15-11-7-5-4-6-8-11/h3-8H,9H2,1-2H3. The summed E-state index contributed by atoms with van der Waals surface area (Å²) in [6.45, 7) is 1.85. The molecule has 0 N–H and O–H groups in total. The zero-order chi connectivity index (χ0) is 11.1. The van der Waals surface area contributed by atoms with Gasteiger partial charge in [-0.15, -0.1) is 11.8 Å². The van der Waals surface area contributed by atoms with E-state index in [4.69, 9.17) is 0 Å². The van der Waals surface area contributed by atoms with Crippen LogP contribution in [0.1, 0.15) is 6.92 Å². The van der Waals surface area contributed by atoms with Gasteiger partial charge in [0.1, 0.15) is 0 Å². The number of thioether (sulfide) groups is 1. The number of benzene rings is 1. The predicted molar refractivity (Wildman–Crippen MR) is 62.9 cm³/mol. The number of esters is 1. The van der Waals surface area contributed by atoms with E-state index < -0.39 is 0 Å². The molecule has 0 aliphatic rings. The Morgan fingerprint density at radius 2 is 2.07 bits per heavy atom. The van der Waals surface area contributed by atoms with E-state index in [1.165, 1.54) is 7.11 Å². The first-order valence-corrected chi connectivity index (χ1v) is 5.68. The quantitative estimate of drug-likeness (QED) is 0.445.